The van der Waals surface area contributed by atoms with Crippen molar-refractivity contribution in [1.29, 1.82) is 0 Å². The number of para-hydroxylation sites is 2. The summed E-state index contributed by atoms with van der Waals surface area (Å²) in [6, 6.07) is 18.3. The molecule has 10 nitrogen and oxygen atoms in total. The number of benzene rings is 2. The summed E-state index contributed by atoms with van der Waals surface area (Å²) in [7, 11) is 0. The molecule has 0 unspecified atom stereocenters. The number of halogens is 6. The fourth-order valence-corrected chi connectivity index (χ4v) is 15.4. The van der Waals surface area contributed by atoms with E-state index in [1.807, 2.05) is 54.0 Å². The molecule has 380 valence electrons. The number of allylic oxidation sites excluding steroid dienone is 10. The van der Waals surface area contributed by atoms with E-state index in [-0.39, 0.29) is 48.2 Å². The maximum absolute atomic E-state index is 17.3. The van der Waals surface area contributed by atoms with Crippen molar-refractivity contribution < 1.29 is 65.8 Å². The number of alkyl halides is 6. The van der Waals surface area contributed by atoms with Crippen LogP contribution >= 0.6 is 0 Å². The summed E-state index contributed by atoms with van der Waals surface area (Å²) in [5, 5.41) is 32.3. The number of ketones is 4. The smallest absolute Gasteiger partial charge is 0.199 e. The van der Waals surface area contributed by atoms with E-state index in [2.05, 4.69) is 0 Å². The predicted molar refractivity (Wildman–Crippen MR) is 251 cm³/mol. The van der Waals surface area contributed by atoms with Gasteiger partial charge in [0.15, 0.2) is 53.4 Å². The maximum atomic E-state index is 17.3. The average Bonchev–Trinajstić information content (AvgIpc) is 3.99. The van der Waals surface area contributed by atoms with Crippen LogP contribution in [0.1, 0.15) is 66.2 Å². The number of rotatable bonds is 6. The first kappa shape index (κ1) is 50.8. The van der Waals surface area contributed by atoms with Crippen LogP contribution in [0.4, 0.5) is 37.7 Å². The van der Waals surface area contributed by atoms with Crippen molar-refractivity contribution in [1.82, 2.24) is 0 Å². The van der Waals surface area contributed by atoms with Gasteiger partial charge in [0.1, 0.15) is 12.3 Å². The third kappa shape index (κ3) is 7.10. The molecule has 1 heterocycles. The minimum absolute atomic E-state index is 0.0378. The van der Waals surface area contributed by atoms with Crippen LogP contribution in [0.5, 0.6) is 0 Å². The molecule has 1 aliphatic heterocycles. The second-order valence-corrected chi connectivity index (χ2v) is 21.8. The molecular weight excluding hydrogens is 931 g/mol. The minimum atomic E-state index is -2.25. The van der Waals surface area contributed by atoms with E-state index < -0.39 is 123 Å². The van der Waals surface area contributed by atoms with Gasteiger partial charge in [0.05, 0.1) is 30.1 Å². The Balaban J connectivity index is 0.000000156. The van der Waals surface area contributed by atoms with Gasteiger partial charge >= 0.3 is 0 Å². The molecule has 0 radical (unpaired) electrons. The highest BCUT2D eigenvalue weighted by atomic mass is 19.2. The van der Waals surface area contributed by atoms with E-state index in [1.54, 1.807) is 37.1 Å². The van der Waals surface area contributed by atoms with E-state index in [0.717, 1.165) is 17.8 Å². The highest BCUT2D eigenvalue weighted by Gasteiger charge is 2.80. The SMILES string of the molecule is C[C@]12C=CC(=O)C=C1[C@@H](F)C[C@H]1[C@@H]3CC=C(C(=O)CF)[C@@]3(C)C[C@H](O)[C@@]12F.C[C@]12C=CC(=O)C=C1[C@@H](F)C[C@H]1[C@@H]3C[C@H]4CN(c5ccccc5)O[C@@]4(C(=O)CF)[C@@]3(C)C[C@H](O)[C@@]12F.ONc1ccccc1. The molecule has 0 aromatic heterocycles. The van der Waals surface area contributed by atoms with Gasteiger partial charge in [-0.25, -0.2) is 26.3 Å². The number of anilines is 2. The van der Waals surface area contributed by atoms with Gasteiger partial charge in [-0.15, -0.1) is 0 Å². The highest BCUT2D eigenvalue weighted by molar-refractivity contribution is 6.02. The van der Waals surface area contributed by atoms with Gasteiger partial charge < -0.3 is 10.2 Å². The fourth-order valence-electron chi connectivity index (χ4n) is 15.4. The monoisotopic (exact) mass is 990 g/mol. The third-order valence-electron chi connectivity index (χ3n) is 18.7. The molecule has 16 heteroatoms. The highest BCUT2D eigenvalue weighted by Crippen LogP contribution is 2.73. The number of nitrogens with one attached hydrogen (secondary N) is 1. The molecule has 5 saturated carbocycles. The molecule has 9 aliphatic rings. The molecule has 0 bridgehead atoms. The van der Waals surface area contributed by atoms with Gasteiger partial charge in [0, 0.05) is 45.0 Å². The lowest BCUT2D eigenvalue weighted by Gasteiger charge is -2.63. The Morgan fingerprint density at radius 3 is 1.76 bits per heavy atom. The van der Waals surface area contributed by atoms with E-state index in [1.165, 1.54) is 38.2 Å². The molecule has 2 aromatic rings. The molecular formula is C55H60F6N2O8. The van der Waals surface area contributed by atoms with Crippen molar-refractivity contribution in [2.45, 2.75) is 108 Å². The number of hydrogen-bond donors (Lipinski definition) is 4. The molecule has 4 N–H and O–H groups in total. The van der Waals surface area contributed by atoms with Crippen LogP contribution in [0.15, 0.2) is 120 Å². The predicted octanol–water partition coefficient (Wildman–Crippen LogP) is 9.13. The lowest BCUT2D eigenvalue weighted by atomic mass is 9.44. The Kier molecular flexibility index (Phi) is 12.7. The molecule has 71 heavy (non-hydrogen) atoms. The summed E-state index contributed by atoms with van der Waals surface area (Å²) >= 11 is 0. The van der Waals surface area contributed by atoms with Crippen LogP contribution in [0.2, 0.25) is 0 Å². The number of fused-ring (bicyclic) bond motifs is 12. The number of hydroxylamine groups is 1. The Bertz CT molecular complexity index is 2650. The van der Waals surface area contributed by atoms with Gasteiger partial charge in [0.2, 0.25) is 0 Å². The Morgan fingerprint density at radius 2 is 1.25 bits per heavy atom. The number of aliphatic hydroxyl groups is 2. The van der Waals surface area contributed by atoms with Crippen molar-refractivity contribution in [3.8, 4) is 0 Å². The first-order valence-corrected chi connectivity index (χ1v) is 24.3. The summed E-state index contributed by atoms with van der Waals surface area (Å²) in [6.45, 7) is 4.50. The zero-order valence-corrected chi connectivity index (χ0v) is 40.0. The third-order valence-corrected chi connectivity index (χ3v) is 18.7. The van der Waals surface area contributed by atoms with Crippen LogP contribution < -0.4 is 10.5 Å². The molecule has 0 amide bonds. The second kappa shape index (κ2) is 17.8. The van der Waals surface area contributed by atoms with Crippen molar-refractivity contribution in [3.05, 3.63) is 120 Å². The molecule has 0 spiro atoms. The molecule has 2 aromatic carbocycles. The first-order valence-electron chi connectivity index (χ1n) is 24.3. The average molecular weight is 991 g/mol. The summed E-state index contributed by atoms with van der Waals surface area (Å²) in [6.07, 6.45) is 3.20. The molecule has 1 saturated heterocycles. The molecule has 11 rings (SSSR count). The Hall–Kier alpha value is -5.16. The normalized spacial score (nSPS) is 43.2. The zero-order chi connectivity index (χ0) is 51.3. The van der Waals surface area contributed by atoms with Gasteiger partial charge in [-0.1, -0.05) is 68.5 Å². The molecule has 6 fully saturated rings. The number of Topliss-reactive ketones (excluding diaryl/α,β-unsaturated/α-hetero) is 2. The van der Waals surface area contributed by atoms with Crippen molar-refractivity contribution in [2.75, 3.05) is 30.4 Å². The number of hydrogen-bond acceptors (Lipinski definition) is 10. The van der Waals surface area contributed by atoms with E-state index >= 15 is 17.6 Å². The molecule has 8 aliphatic carbocycles. The van der Waals surface area contributed by atoms with Gasteiger partial charge in [-0.2, -0.15) is 0 Å². The summed E-state index contributed by atoms with van der Waals surface area (Å²) in [5.41, 5.74) is -7.07. The number of nitrogens with zero attached hydrogens (tertiary/aromatic N) is 1. The first-order chi connectivity index (χ1) is 33.5. The number of aliphatic hydroxyl groups excluding tert-OH is 2. The van der Waals surface area contributed by atoms with Crippen molar-refractivity contribution in [3.63, 3.8) is 0 Å². The lowest BCUT2D eigenvalue weighted by Crippen LogP contribution is -2.70. The van der Waals surface area contributed by atoms with Gasteiger partial charge in [0.25, 0.3) is 0 Å². The summed E-state index contributed by atoms with van der Waals surface area (Å²) < 4.78 is 91.8. The van der Waals surface area contributed by atoms with E-state index in [9.17, 15) is 38.2 Å². The van der Waals surface area contributed by atoms with E-state index in [4.69, 9.17) is 10.0 Å². The van der Waals surface area contributed by atoms with Crippen molar-refractivity contribution >= 4 is 34.5 Å². The van der Waals surface area contributed by atoms with Crippen LogP contribution in [0.25, 0.3) is 0 Å². The van der Waals surface area contributed by atoms with Crippen LogP contribution in [0.3, 0.4) is 0 Å². The standard InChI is InChI=1S/C28H30F3NO4.C21H23F3O3.C6H7NO/c1-25-9-8-18(33)11-21(25)22(30)12-20-19-10-16-15-32(17-6-4-3-5-7-17)36-28(16,24(35)14-29)26(19,2)13-23(34)27(20,25)31;1-19-9-18(27)21(24)14(12(19)3-4-13(19)17(26)10-22)8-16(23)15-7-11(25)5-6-20(15,21)2;8-7-6-4-2-1-3-5-6/h3-9,11,16,19-20,22-23,34H,10,12-15H2,1-2H3;4-7,12,14,16,18,27H,3,8-10H2,1-2H3;1-5,7-8H/t16-,19-,20-,22-,23-,25-,26-,27-,28-;12-,14-,16-,18-,19-,20-,21-;/m00./s1. The van der Waals surface area contributed by atoms with Crippen LogP contribution in [-0.2, 0) is 24.0 Å². The largest absolute Gasteiger partial charge is 0.390 e. The van der Waals surface area contributed by atoms with Gasteiger partial charge in [-0.05, 0) is 124 Å². The minimum Gasteiger partial charge on any atom is -0.390 e. The summed E-state index contributed by atoms with van der Waals surface area (Å²) in [4.78, 5) is 55.5. The Labute approximate surface area is 408 Å². The van der Waals surface area contributed by atoms with E-state index in [0.29, 0.717) is 25.1 Å². The van der Waals surface area contributed by atoms with Crippen LogP contribution in [0, 0.1) is 51.2 Å². The Morgan fingerprint density at radius 1 is 0.732 bits per heavy atom. The van der Waals surface area contributed by atoms with Gasteiger partial charge in [-0.3, -0.25) is 39.8 Å². The van der Waals surface area contributed by atoms with Crippen LogP contribution in [-0.4, -0.2) is 99.9 Å². The maximum Gasteiger partial charge on any atom is 0.199 e. The second-order valence-electron chi connectivity index (χ2n) is 21.8. The number of carbonyl (C=O) groups excluding carboxylic acids is 4. The summed E-state index contributed by atoms with van der Waals surface area (Å²) in [5.74, 6) is -5.33. The number of carbonyl (C=O) groups is 4. The zero-order valence-electron chi connectivity index (χ0n) is 40.0. The quantitative estimate of drug-likeness (QED) is 0.163. The molecule has 16 atom stereocenters. The van der Waals surface area contributed by atoms with Crippen molar-refractivity contribution in [2.24, 2.45) is 51.2 Å². The fraction of sp³-hybridized carbons (Fsp3) is 0.527. The lowest BCUT2D eigenvalue weighted by molar-refractivity contribution is -0.227. The topological polar surface area (TPSA) is 153 Å².